The molecule has 0 saturated heterocycles. The standard InChI is InChI=1S/C7H6O2.C7H14O2/c8-7(9)6-4-2-1-3-5-6;1-2-3-4-5-6-7(8)9/h1-5H,(H,8,9);2-6H2,1H3,(H,8,9). The number of carbonyl (C=O) groups is 2. The molecule has 0 radical (unpaired) electrons. The number of hydrogen-bond acceptors (Lipinski definition) is 2. The lowest BCUT2D eigenvalue weighted by Crippen LogP contribution is -1.93. The van der Waals surface area contributed by atoms with Crippen LogP contribution in [0.2, 0.25) is 0 Å². The fraction of sp³-hybridized carbons (Fsp3) is 0.429. The monoisotopic (exact) mass is 252 g/mol. The van der Waals surface area contributed by atoms with Gasteiger partial charge in [-0.25, -0.2) is 4.79 Å². The van der Waals surface area contributed by atoms with Crippen LogP contribution < -0.4 is 0 Å². The van der Waals surface area contributed by atoms with Crippen LogP contribution in [-0.2, 0) is 4.79 Å². The van der Waals surface area contributed by atoms with Gasteiger partial charge in [0.25, 0.3) is 0 Å². The summed E-state index contributed by atoms with van der Waals surface area (Å²) in [7, 11) is 0. The summed E-state index contributed by atoms with van der Waals surface area (Å²) in [5.74, 6) is -1.55. The van der Waals surface area contributed by atoms with Gasteiger partial charge in [-0.2, -0.15) is 0 Å². The van der Waals surface area contributed by atoms with E-state index in [0.29, 0.717) is 12.0 Å². The van der Waals surface area contributed by atoms with E-state index >= 15 is 0 Å². The van der Waals surface area contributed by atoms with Gasteiger partial charge >= 0.3 is 11.9 Å². The zero-order valence-corrected chi connectivity index (χ0v) is 10.6. The Morgan fingerprint density at radius 3 is 2.00 bits per heavy atom. The molecule has 1 rings (SSSR count). The van der Waals surface area contributed by atoms with Crippen LogP contribution in [0.4, 0.5) is 0 Å². The van der Waals surface area contributed by atoms with Crippen molar-refractivity contribution in [1.29, 1.82) is 0 Å². The number of hydrogen-bond donors (Lipinski definition) is 2. The van der Waals surface area contributed by atoms with Gasteiger partial charge in [0.1, 0.15) is 0 Å². The maximum absolute atomic E-state index is 10.2. The number of rotatable bonds is 6. The normalized spacial score (nSPS) is 9.17. The van der Waals surface area contributed by atoms with Crippen LogP contribution in [0, 0.1) is 0 Å². The van der Waals surface area contributed by atoms with E-state index < -0.39 is 11.9 Å². The molecule has 4 heteroatoms. The Morgan fingerprint density at radius 1 is 1.00 bits per heavy atom. The van der Waals surface area contributed by atoms with Crippen molar-refractivity contribution in [2.24, 2.45) is 0 Å². The predicted molar refractivity (Wildman–Crippen MR) is 69.8 cm³/mol. The van der Waals surface area contributed by atoms with Crippen LogP contribution >= 0.6 is 0 Å². The minimum Gasteiger partial charge on any atom is -0.481 e. The van der Waals surface area contributed by atoms with E-state index in [0.717, 1.165) is 19.3 Å². The molecule has 0 aliphatic carbocycles. The van der Waals surface area contributed by atoms with E-state index in [2.05, 4.69) is 6.92 Å². The first-order chi connectivity index (χ1) is 8.57. The summed E-state index contributed by atoms with van der Waals surface area (Å²) in [4.78, 5) is 20.2. The fourth-order valence-electron chi connectivity index (χ4n) is 1.28. The van der Waals surface area contributed by atoms with E-state index in [9.17, 15) is 9.59 Å². The number of aliphatic carboxylic acids is 1. The molecule has 0 fully saturated rings. The zero-order valence-electron chi connectivity index (χ0n) is 10.6. The third-order valence-electron chi connectivity index (χ3n) is 2.26. The first-order valence-electron chi connectivity index (χ1n) is 6.08. The average molecular weight is 252 g/mol. The minimum atomic E-state index is -0.879. The molecule has 0 unspecified atom stereocenters. The van der Waals surface area contributed by atoms with Crippen LogP contribution in [0.15, 0.2) is 30.3 Å². The summed E-state index contributed by atoms with van der Waals surface area (Å²) in [5, 5.41) is 16.6. The van der Waals surface area contributed by atoms with Gasteiger partial charge < -0.3 is 10.2 Å². The molecule has 2 N–H and O–H groups in total. The van der Waals surface area contributed by atoms with Crippen LogP contribution in [0.3, 0.4) is 0 Å². The van der Waals surface area contributed by atoms with Gasteiger partial charge in [-0.15, -0.1) is 0 Å². The highest BCUT2D eigenvalue weighted by Gasteiger charge is 1.96. The summed E-state index contributed by atoms with van der Waals surface area (Å²) in [6, 6.07) is 8.30. The highest BCUT2D eigenvalue weighted by atomic mass is 16.4. The van der Waals surface area contributed by atoms with E-state index in [-0.39, 0.29) is 0 Å². The summed E-state index contributed by atoms with van der Waals surface area (Å²) < 4.78 is 0. The number of carboxylic acid groups (broad SMARTS) is 2. The second-order valence-corrected chi connectivity index (χ2v) is 3.88. The van der Waals surface area contributed by atoms with Gasteiger partial charge in [0.2, 0.25) is 0 Å². The van der Waals surface area contributed by atoms with Crippen molar-refractivity contribution in [3.8, 4) is 0 Å². The SMILES string of the molecule is CCCCCCC(=O)O.O=C(O)c1ccccc1. The van der Waals surface area contributed by atoms with Crippen molar-refractivity contribution in [2.45, 2.75) is 39.0 Å². The molecular weight excluding hydrogens is 232 g/mol. The van der Waals surface area contributed by atoms with Gasteiger partial charge in [-0.3, -0.25) is 4.79 Å². The molecule has 0 bridgehead atoms. The molecule has 100 valence electrons. The Balaban J connectivity index is 0.000000321. The smallest absolute Gasteiger partial charge is 0.335 e. The van der Waals surface area contributed by atoms with Crippen molar-refractivity contribution in [3.05, 3.63) is 35.9 Å². The molecule has 1 aromatic rings. The van der Waals surface area contributed by atoms with Gasteiger partial charge in [-0.1, -0.05) is 44.4 Å². The molecule has 4 nitrogen and oxygen atoms in total. The Bertz CT molecular complexity index is 346. The summed E-state index contributed by atoms with van der Waals surface area (Å²) in [6.45, 7) is 2.11. The quantitative estimate of drug-likeness (QED) is 0.761. The average Bonchev–Trinajstić information content (AvgIpc) is 2.36. The van der Waals surface area contributed by atoms with Crippen LogP contribution in [-0.4, -0.2) is 22.2 Å². The number of unbranched alkanes of at least 4 members (excludes halogenated alkanes) is 3. The van der Waals surface area contributed by atoms with Gasteiger partial charge in [-0.05, 0) is 18.6 Å². The second-order valence-electron chi connectivity index (χ2n) is 3.88. The lowest BCUT2D eigenvalue weighted by Gasteiger charge is -1.92. The van der Waals surface area contributed by atoms with Crippen LogP contribution in [0.25, 0.3) is 0 Å². The largest absolute Gasteiger partial charge is 0.481 e. The van der Waals surface area contributed by atoms with Gasteiger partial charge in [0, 0.05) is 6.42 Å². The summed E-state index contributed by atoms with van der Waals surface area (Å²) >= 11 is 0. The van der Waals surface area contributed by atoms with E-state index in [1.165, 1.54) is 6.42 Å². The molecule has 1 aromatic carbocycles. The molecule has 0 atom stereocenters. The van der Waals surface area contributed by atoms with Crippen molar-refractivity contribution < 1.29 is 19.8 Å². The molecule has 18 heavy (non-hydrogen) atoms. The third kappa shape index (κ3) is 9.39. The number of aromatic carboxylic acids is 1. The molecule has 0 heterocycles. The maximum Gasteiger partial charge on any atom is 0.335 e. The fourth-order valence-corrected chi connectivity index (χ4v) is 1.28. The third-order valence-corrected chi connectivity index (χ3v) is 2.26. The number of carboxylic acids is 2. The van der Waals surface area contributed by atoms with E-state index in [1.54, 1.807) is 30.3 Å². The summed E-state index contributed by atoms with van der Waals surface area (Å²) in [6.07, 6.45) is 4.55. The first kappa shape index (κ1) is 16.2. The number of benzene rings is 1. The lowest BCUT2D eigenvalue weighted by molar-refractivity contribution is -0.137. The summed E-state index contributed by atoms with van der Waals surface area (Å²) in [5.41, 5.74) is 0.331. The zero-order chi connectivity index (χ0) is 13.8. The van der Waals surface area contributed by atoms with E-state index in [1.807, 2.05) is 0 Å². The Morgan fingerprint density at radius 2 is 1.61 bits per heavy atom. The Labute approximate surface area is 107 Å². The molecule has 0 spiro atoms. The highest BCUT2D eigenvalue weighted by molar-refractivity contribution is 5.87. The molecule has 0 aliphatic heterocycles. The first-order valence-corrected chi connectivity index (χ1v) is 6.08. The lowest BCUT2D eigenvalue weighted by atomic mass is 10.2. The van der Waals surface area contributed by atoms with Gasteiger partial charge in [0.05, 0.1) is 5.56 Å². The Kier molecular flexibility index (Phi) is 9.27. The van der Waals surface area contributed by atoms with Crippen molar-refractivity contribution in [1.82, 2.24) is 0 Å². The molecule has 0 aliphatic rings. The predicted octanol–water partition coefficient (Wildman–Crippen LogP) is 3.43. The van der Waals surface area contributed by atoms with Gasteiger partial charge in [0.15, 0.2) is 0 Å². The van der Waals surface area contributed by atoms with Crippen molar-refractivity contribution in [2.75, 3.05) is 0 Å². The minimum absolute atomic E-state index is 0.331. The highest BCUT2D eigenvalue weighted by Crippen LogP contribution is 2.01. The topological polar surface area (TPSA) is 74.6 Å². The second kappa shape index (κ2) is 10.3. The van der Waals surface area contributed by atoms with Crippen molar-refractivity contribution >= 4 is 11.9 Å². The van der Waals surface area contributed by atoms with E-state index in [4.69, 9.17) is 10.2 Å². The van der Waals surface area contributed by atoms with Crippen LogP contribution in [0.1, 0.15) is 49.4 Å². The molecule has 0 amide bonds. The van der Waals surface area contributed by atoms with Crippen molar-refractivity contribution in [3.63, 3.8) is 0 Å². The Hall–Kier alpha value is -1.84. The van der Waals surface area contributed by atoms with Crippen LogP contribution in [0.5, 0.6) is 0 Å². The molecule has 0 aromatic heterocycles. The molecule has 0 saturated carbocycles. The maximum atomic E-state index is 10.2. The molecular formula is C14H20O4.